The molecule has 0 aromatic carbocycles. The average molecular weight is 271 g/mol. The highest BCUT2D eigenvalue weighted by Gasteiger charge is 2.24. The zero-order valence-corrected chi connectivity index (χ0v) is 13.0. The summed E-state index contributed by atoms with van der Waals surface area (Å²) in [6.07, 6.45) is 10.4. The SMILES string of the molecule is CCC1CCC(C(=O)NCCCC(C)SC)CC1. The van der Waals surface area contributed by atoms with E-state index in [0.29, 0.717) is 17.1 Å². The third-order valence-electron chi connectivity index (χ3n) is 4.28. The number of rotatable bonds is 7. The van der Waals surface area contributed by atoms with Gasteiger partial charge in [0.2, 0.25) is 5.91 Å². The van der Waals surface area contributed by atoms with Gasteiger partial charge in [0.05, 0.1) is 0 Å². The fourth-order valence-electron chi connectivity index (χ4n) is 2.70. The molecule has 1 amide bonds. The van der Waals surface area contributed by atoms with E-state index in [1.165, 1.54) is 25.7 Å². The van der Waals surface area contributed by atoms with Crippen LogP contribution in [0.15, 0.2) is 0 Å². The van der Waals surface area contributed by atoms with E-state index in [2.05, 4.69) is 25.4 Å². The van der Waals surface area contributed by atoms with Crippen molar-refractivity contribution in [2.45, 2.75) is 64.0 Å². The molecule has 106 valence electrons. The number of amides is 1. The summed E-state index contributed by atoms with van der Waals surface area (Å²) < 4.78 is 0. The van der Waals surface area contributed by atoms with Crippen molar-refractivity contribution in [1.29, 1.82) is 0 Å². The van der Waals surface area contributed by atoms with Crippen LogP contribution in [0.2, 0.25) is 0 Å². The standard InChI is InChI=1S/C15H29NOS/c1-4-13-7-9-14(10-8-13)15(17)16-11-5-6-12(2)18-3/h12-14H,4-11H2,1-3H3,(H,16,17). The van der Waals surface area contributed by atoms with Crippen molar-refractivity contribution in [3.8, 4) is 0 Å². The third-order valence-corrected chi connectivity index (χ3v) is 5.32. The molecule has 0 aromatic heterocycles. The van der Waals surface area contributed by atoms with E-state index < -0.39 is 0 Å². The summed E-state index contributed by atoms with van der Waals surface area (Å²) >= 11 is 1.90. The summed E-state index contributed by atoms with van der Waals surface area (Å²) in [7, 11) is 0. The van der Waals surface area contributed by atoms with Gasteiger partial charge in [0.1, 0.15) is 0 Å². The Balaban J connectivity index is 2.10. The van der Waals surface area contributed by atoms with Gasteiger partial charge in [-0.2, -0.15) is 11.8 Å². The van der Waals surface area contributed by atoms with Crippen LogP contribution in [-0.4, -0.2) is 24.0 Å². The third kappa shape index (κ3) is 5.64. The zero-order chi connectivity index (χ0) is 13.4. The Labute approximate surface area is 117 Å². The molecule has 1 N–H and O–H groups in total. The van der Waals surface area contributed by atoms with Crippen molar-refractivity contribution in [3.63, 3.8) is 0 Å². The van der Waals surface area contributed by atoms with E-state index in [-0.39, 0.29) is 0 Å². The van der Waals surface area contributed by atoms with E-state index in [1.54, 1.807) is 0 Å². The first-order valence-corrected chi connectivity index (χ1v) is 8.76. The van der Waals surface area contributed by atoms with Gasteiger partial charge in [-0.05, 0) is 50.7 Å². The number of hydrogen-bond donors (Lipinski definition) is 1. The Bertz CT molecular complexity index is 237. The van der Waals surface area contributed by atoms with E-state index in [9.17, 15) is 4.79 Å². The Morgan fingerprint density at radius 2 is 2.00 bits per heavy atom. The molecule has 0 heterocycles. The molecule has 0 spiro atoms. The van der Waals surface area contributed by atoms with E-state index in [0.717, 1.165) is 31.7 Å². The molecule has 3 heteroatoms. The highest BCUT2D eigenvalue weighted by Crippen LogP contribution is 2.30. The first kappa shape index (κ1) is 15.9. The molecule has 0 aromatic rings. The van der Waals surface area contributed by atoms with Crippen molar-refractivity contribution in [3.05, 3.63) is 0 Å². The lowest BCUT2D eigenvalue weighted by molar-refractivity contribution is -0.126. The first-order chi connectivity index (χ1) is 8.67. The fourth-order valence-corrected chi connectivity index (χ4v) is 3.10. The maximum Gasteiger partial charge on any atom is 0.223 e. The number of hydrogen-bond acceptors (Lipinski definition) is 2. The lowest BCUT2D eigenvalue weighted by atomic mass is 9.80. The van der Waals surface area contributed by atoms with Crippen molar-refractivity contribution in [2.75, 3.05) is 12.8 Å². The normalized spacial score (nSPS) is 25.7. The predicted octanol–water partition coefficient (Wildman–Crippen LogP) is 3.85. The molecule has 0 radical (unpaired) electrons. The second-order valence-electron chi connectivity index (χ2n) is 5.61. The Morgan fingerprint density at radius 1 is 1.33 bits per heavy atom. The quantitative estimate of drug-likeness (QED) is 0.713. The maximum atomic E-state index is 12.0. The summed E-state index contributed by atoms with van der Waals surface area (Å²) in [5.74, 6) is 1.48. The van der Waals surface area contributed by atoms with Crippen molar-refractivity contribution < 1.29 is 4.79 Å². The second kappa shape index (κ2) is 8.84. The molecule has 0 saturated heterocycles. The van der Waals surface area contributed by atoms with Crippen molar-refractivity contribution >= 4 is 17.7 Å². The van der Waals surface area contributed by atoms with Gasteiger partial charge in [0.25, 0.3) is 0 Å². The molecule has 0 bridgehead atoms. The summed E-state index contributed by atoms with van der Waals surface area (Å²) in [6, 6.07) is 0. The van der Waals surface area contributed by atoms with Crippen LogP contribution < -0.4 is 5.32 Å². The minimum absolute atomic E-state index is 0.297. The Morgan fingerprint density at radius 3 is 2.56 bits per heavy atom. The monoisotopic (exact) mass is 271 g/mol. The number of carbonyl (C=O) groups is 1. The molecule has 1 saturated carbocycles. The topological polar surface area (TPSA) is 29.1 Å². The van der Waals surface area contributed by atoms with Crippen LogP contribution in [0.1, 0.15) is 58.8 Å². The van der Waals surface area contributed by atoms with Crippen LogP contribution in [0, 0.1) is 11.8 Å². The maximum absolute atomic E-state index is 12.0. The molecular weight excluding hydrogens is 242 g/mol. The summed E-state index contributed by atoms with van der Waals surface area (Å²) in [5.41, 5.74) is 0. The number of nitrogens with one attached hydrogen (secondary N) is 1. The zero-order valence-electron chi connectivity index (χ0n) is 12.2. The largest absolute Gasteiger partial charge is 0.356 e. The minimum atomic E-state index is 0.297. The predicted molar refractivity (Wildman–Crippen MR) is 81.0 cm³/mol. The van der Waals surface area contributed by atoms with Crippen molar-refractivity contribution in [2.24, 2.45) is 11.8 Å². The van der Waals surface area contributed by atoms with E-state index >= 15 is 0 Å². The van der Waals surface area contributed by atoms with Crippen molar-refractivity contribution in [1.82, 2.24) is 5.32 Å². The highest BCUT2D eigenvalue weighted by molar-refractivity contribution is 7.99. The molecule has 1 aliphatic carbocycles. The first-order valence-electron chi connectivity index (χ1n) is 7.47. The van der Waals surface area contributed by atoms with Gasteiger partial charge >= 0.3 is 0 Å². The lowest BCUT2D eigenvalue weighted by Crippen LogP contribution is -2.33. The molecule has 1 unspecified atom stereocenters. The average Bonchev–Trinajstić information content (AvgIpc) is 2.43. The summed E-state index contributed by atoms with van der Waals surface area (Å²) in [4.78, 5) is 12.0. The molecule has 1 rings (SSSR count). The summed E-state index contributed by atoms with van der Waals surface area (Å²) in [5, 5.41) is 3.83. The molecule has 1 fully saturated rings. The van der Waals surface area contributed by atoms with Crippen LogP contribution in [0.5, 0.6) is 0 Å². The van der Waals surface area contributed by atoms with Crippen LogP contribution in [0.25, 0.3) is 0 Å². The van der Waals surface area contributed by atoms with Gasteiger partial charge < -0.3 is 5.32 Å². The molecular formula is C15H29NOS. The van der Waals surface area contributed by atoms with E-state index in [4.69, 9.17) is 0 Å². The van der Waals surface area contributed by atoms with Gasteiger partial charge in [0.15, 0.2) is 0 Å². The molecule has 2 nitrogen and oxygen atoms in total. The van der Waals surface area contributed by atoms with Crippen LogP contribution in [0.3, 0.4) is 0 Å². The molecule has 0 aliphatic heterocycles. The molecule has 1 atom stereocenters. The van der Waals surface area contributed by atoms with Crippen LogP contribution in [0.4, 0.5) is 0 Å². The smallest absolute Gasteiger partial charge is 0.223 e. The lowest BCUT2D eigenvalue weighted by Gasteiger charge is -2.26. The van der Waals surface area contributed by atoms with Crippen LogP contribution >= 0.6 is 11.8 Å². The molecule has 1 aliphatic rings. The van der Waals surface area contributed by atoms with Gasteiger partial charge in [0, 0.05) is 17.7 Å². The van der Waals surface area contributed by atoms with Gasteiger partial charge in [-0.15, -0.1) is 0 Å². The van der Waals surface area contributed by atoms with Gasteiger partial charge in [-0.1, -0.05) is 20.3 Å². The fraction of sp³-hybridized carbons (Fsp3) is 0.933. The van der Waals surface area contributed by atoms with E-state index in [1.807, 2.05) is 11.8 Å². The Kier molecular flexibility index (Phi) is 7.80. The van der Waals surface area contributed by atoms with Gasteiger partial charge in [-0.3, -0.25) is 4.79 Å². The molecule has 18 heavy (non-hydrogen) atoms. The highest BCUT2D eigenvalue weighted by atomic mass is 32.2. The minimum Gasteiger partial charge on any atom is -0.356 e. The van der Waals surface area contributed by atoms with Crippen LogP contribution in [-0.2, 0) is 4.79 Å². The van der Waals surface area contributed by atoms with Gasteiger partial charge in [-0.25, -0.2) is 0 Å². The second-order valence-corrected chi connectivity index (χ2v) is 6.88. The number of thioether (sulfide) groups is 1. The summed E-state index contributed by atoms with van der Waals surface area (Å²) in [6.45, 7) is 5.37. The number of carbonyl (C=O) groups excluding carboxylic acids is 1. The Hall–Kier alpha value is -0.180.